The van der Waals surface area contributed by atoms with Crippen molar-refractivity contribution in [2.24, 2.45) is 0 Å². The van der Waals surface area contributed by atoms with Gasteiger partial charge >= 0.3 is 0 Å². The van der Waals surface area contributed by atoms with Crippen LogP contribution in [0.2, 0.25) is 0 Å². The van der Waals surface area contributed by atoms with Crippen molar-refractivity contribution >= 4 is 0 Å². The maximum atomic E-state index is 5.89. The van der Waals surface area contributed by atoms with Crippen LogP contribution in [0.1, 0.15) is 50.6 Å². The van der Waals surface area contributed by atoms with Crippen LogP contribution in [0.5, 0.6) is 0 Å². The topological polar surface area (TPSA) is 39.1 Å². The molecule has 0 aromatic carbocycles. The molecule has 108 valence electrons. The summed E-state index contributed by atoms with van der Waals surface area (Å²) >= 11 is 0. The molecule has 1 aliphatic heterocycles. The fourth-order valence-corrected chi connectivity index (χ4v) is 2.69. The number of hydrogen-bond acceptors (Lipinski definition) is 3. The molecule has 0 amide bonds. The van der Waals surface area contributed by atoms with Crippen LogP contribution >= 0.6 is 0 Å². The van der Waals surface area contributed by atoms with Crippen LogP contribution in [0.3, 0.4) is 0 Å². The fourth-order valence-electron chi connectivity index (χ4n) is 2.69. The molecule has 1 fully saturated rings. The van der Waals surface area contributed by atoms with E-state index in [2.05, 4.69) is 49.7 Å². The monoisotopic (exact) mass is 265 g/mol. The van der Waals surface area contributed by atoms with E-state index in [1.807, 2.05) is 0 Å². The first-order valence-electron chi connectivity index (χ1n) is 7.39. The summed E-state index contributed by atoms with van der Waals surface area (Å²) in [6.07, 6.45) is 3.06. The van der Waals surface area contributed by atoms with Gasteiger partial charge in [-0.2, -0.15) is 5.10 Å². The molecule has 4 nitrogen and oxygen atoms in total. The van der Waals surface area contributed by atoms with Crippen LogP contribution in [0.15, 0.2) is 0 Å². The predicted molar refractivity (Wildman–Crippen MR) is 77.2 cm³/mol. The summed E-state index contributed by atoms with van der Waals surface area (Å²) in [4.78, 5) is 0. The Hall–Kier alpha value is -0.870. The zero-order chi connectivity index (χ0) is 14.0. The summed E-state index contributed by atoms with van der Waals surface area (Å²) in [5.41, 5.74) is 3.74. The van der Waals surface area contributed by atoms with E-state index in [4.69, 9.17) is 4.74 Å². The first kappa shape index (κ1) is 14.5. The number of aromatic nitrogens is 2. The van der Waals surface area contributed by atoms with Crippen LogP contribution in [0, 0.1) is 13.8 Å². The van der Waals surface area contributed by atoms with Gasteiger partial charge in [0, 0.05) is 23.8 Å². The Morgan fingerprint density at radius 3 is 2.68 bits per heavy atom. The highest BCUT2D eigenvalue weighted by Crippen LogP contribution is 2.22. The van der Waals surface area contributed by atoms with Crippen molar-refractivity contribution in [2.75, 3.05) is 0 Å². The van der Waals surface area contributed by atoms with Crippen molar-refractivity contribution in [1.82, 2.24) is 15.1 Å². The van der Waals surface area contributed by atoms with E-state index in [0.717, 1.165) is 25.2 Å². The highest BCUT2D eigenvalue weighted by molar-refractivity contribution is 5.24. The van der Waals surface area contributed by atoms with Gasteiger partial charge in [0.15, 0.2) is 0 Å². The summed E-state index contributed by atoms with van der Waals surface area (Å²) in [5.74, 6) is 0. The number of rotatable bonds is 5. The van der Waals surface area contributed by atoms with E-state index in [9.17, 15) is 0 Å². The zero-order valence-electron chi connectivity index (χ0n) is 12.9. The zero-order valence-corrected chi connectivity index (χ0v) is 12.9. The van der Waals surface area contributed by atoms with Gasteiger partial charge in [0.05, 0.1) is 24.4 Å². The molecule has 1 aliphatic rings. The molecule has 0 bridgehead atoms. The Balaban J connectivity index is 2.03. The van der Waals surface area contributed by atoms with Gasteiger partial charge in [-0.25, -0.2) is 0 Å². The molecule has 0 spiro atoms. The lowest BCUT2D eigenvalue weighted by atomic mass is 10.2. The van der Waals surface area contributed by atoms with E-state index in [1.54, 1.807) is 0 Å². The smallest absolute Gasteiger partial charge is 0.0775 e. The minimum absolute atomic E-state index is 0.332. The molecule has 0 aliphatic carbocycles. The van der Waals surface area contributed by atoms with Crippen LogP contribution in [-0.2, 0) is 17.8 Å². The normalized spacial score (nSPS) is 23.5. The Bertz CT molecular complexity index is 425. The fraction of sp³-hybridized carbons (Fsp3) is 0.800. The van der Waals surface area contributed by atoms with Crippen molar-refractivity contribution in [3.8, 4) is 0 Å². The lowest BCUT2D eigenvalue weighted by Crippen LogP contribution is -2.23. The quantitative estimate of drug-likeness (QED) is 0.889. The predicted octanol–water partition coefficient (Wildman–Crippen LogP) is 2.57. The van der Waals surface area contributed by atoms with E-state index in [0.29, 0.717) is 18.2 Å². The lowest BCUT2D eigenvalue weighted by molar-refractivity contribution is 0.0433. The number of hydrogen-bond donors (Lipinski definition) is 1. The van der Waals surface area contributed by atoms with Crippen molar-refractivity contribution in [2.45, 2.75) is 78.8 Å². The highest BCUT2D eigenvalue weighted by Gasteiger charge is 2.23. The van der Waals surface area contributed by atoms with Gasteiger partial charge in [0.2, 0.25) is 0 Å². The summed E-state index contributed by atoms with van der Waals surface area (Å²) < 4.78 is 8.01. The number of aryl methyl sites for hydroxylation is 1. The van der Waals surface area contributed by atoms with Crippen molar-refractivity contribution in [3.05, 3.63) is 17.0 Å². The van der Waals surface area contributed by atoms with E-state index in [1.165, 1.54) is 17.7 Å². The molecule has 1 aromatic heterocycles. The molecule has 1 N–H and O–H groups in total. The summed E-state index contributed by atoms with van der Waals surface area (Å²) in [7, 11) is 0. The van der Waals surface area contributed by atoms with Crippen LogP contribution < -0.4 is 5.32 Å². The van der Waals surface area contributed by atoms with Crippen molar-refractivity contribution < 1.29 is 4.74 Å². The van der Waals surface area contributed by atoms with E-state index >= 15 is 0 Å². The standard InChI is InChI=1S/C15H27N3O/c1-10(2)16-8-15-12(4)17-18(13(15)5)9-14-7-6-11(3)19-14/h10-11,14,16H,6-9H2,1-5H3. The van der Waals surface area contributed by atoms with Crippen molar-refractivity contribution in [3.63, 3.8) is 0 Å². The Morgan fingerprint density at radius 1 is 1.37 bits per heavy atom. The lowest BCUT2D eigenvalue weighted by Gasteiger charge is -2.13. The number of nitrogens with zero attached hydrogens (tertiary/aromatic N) is 2. The van der Waals surface area contributed by atoms with Gasteiger partial charge in [-0.05, 0) is 33.6 Å². The summed E-state index contributed by atoms with van der Waals surface area (Å²) in [6, 6.07) is 0.501. The average Bonchev–Trinajstić information content (AvgIpc) is 2.83. The minimum atomic E-state index is 0.332. The minimum Gasteiger partial charge on any atom is -0.373 e. The largest absolute Gasteiger partial charge is 0.373 e. The highest BCUT2D eigenvalue weighted by atomic mass is 16.5. The SMILES string of the molecule is Cc1nn(CC2CCC(C)O2)c(C)c1CNC(C)C. The first-order valence-corrected chi connectivity index (χ1v) is 7.39. The second-order valence-electron chi connectivity index (χ2n) is 6.01. The van der Waals surface area contributed by atoms with Crippen LogP contribution in [0.4, 0.5) is 0 Å². The van der Waals surface area contributed by atoms with Gasteiger partial charge in [-0.15, -0.1) is 0 Å². The molecule has 1 saturated heterocycles. The van der Waals surface area contributed by atoms with Gasteiger partial charge in [-0.1, -0.05) is 13.8 Å². The first-order chi connectivity index (χ1) is 8.97. The maximum absolute atomic E-state index is 5.89. The molecule has 1 aromatic rings. The maximum Gasteiger partial charge on any atom is 0.0775 e. The Kier molecular flexibility index (Phi) is 4.63. The van der Waals surface area contributed by atoms with E-state index in [-0.39, 0.29) is 0 Å². The molecule has 2 rings (SSSR count). The van der Waals surface area contributed by atoms with Crippen LogP contribution in [-0.4, -0.2) is 28.0 Å². The number of nitrogens with one attached hydrogen (secondary N) is 1. The van der Waals surface area contributed by atoms with Gasteiger partial charge in [0.25, 0.3) is 0 Å². The second-order valence-corrected chi connectivity index (χ2v) is 6.01. The molecule has 4 heteroatoms. The molecule has 2 unspecified atom stereocenters. The van der Waals surface area contributed by atoms with Gasteiger partial charge in [0.1, 0.15) is 0 Å². The third-order valence-electron chi connectivity index (χ3n) is 3.91. The third kappa shape index (κ3) is 3.57. The third-order valence-corrected chi connectivity index (χ3v) is 3.91. The summed E-state index contributed by atoms with van der Waals surface area (Å²) in [5, 5.41) is 8.15. The van der Waals surface area contributed by atoms with Gasteiger partial charge < -0.3 is 10.1 Å². The molecular formula is C15H27N3O. The Morgan fingerprint density at radius 2 is 2.11 bits per heavy atom. The molecular weight excluding hydrogens is 238 g/mol. The molecule has 2 heterocycles. The number of ether oxygens (including phenoxy) is 1. The summed E-state index contributed by atoms with van der Waals surface area (Å²) in [6.45, 7) is 12.5. The van der Waals surface area contributed by atoms with Gasteiger partial charge in [-0.3, -0.25) is 4.68 Å². The van der Waals surface area contributed by atoms with E-state index < -0.39 is 0 Å². The van der Waals surface area contributed by atoms with Crippen LogP contribution in [0.25, 0.3) is 0 Å². The second kappa shape index (κ2) is 6.06. The molecule has 2 atom stereocenters. The average molecular weight is 265 g/mol. The molecule has 19 heavy (non-hydrogen) atoms. The van der Waals surface area contributed by atoms with Crippen molar-refractivity contribution in [1.29, 1.82) is 0 Å². The Labute approximate surface area is 116 Å². The molecule has 0 radical (unpaired) electrons. The molecule has 0 saturated carbocycles.